The highest BCUT2D eigenvalue weighted by atomic mass is 14.9. The molecular formula is C11H11N3. The molecular weight excluding hydrogens is 174 g/mol. The highest BCUT2D eigenvalue weighted by molar-refractivity contribution is 5.79. The fraction of sp³-hybridized carbons (Fsp3) is 0.273. The van der Waals surface area contributed by atoms with E-state index in [-0.39, 0.29) is 0 Å². The Balaban J connectivity index is 2.75. The molecule has 14 heavy (non-hydrogen) atoms. The minimum atomic E-state index is -0.505. The number of hydrogen-bond acceptors (Lipinski definition) is 1. The third kappa shape index (κ3) is 1.16. The fourth-order valence-corrected chi connectivity index (χ4v) is 1.52. The number of para-hydroxylation sites is 1. The minimum absolute atomic E-state index is 0.505. The number of H-pyrrole nitrogens is 1. The quantitative estimate of drug-likeness (QED) is 0.681. The molecule has 0 aliphatic heterocycles. The van der Waals surface area contributed by atoms with Crippen molar-refractivity contribution in [3.8, 4) is 0 Å². The van der Waals surface area contributed by atoms with Gasteiger partial charge in [-0.25, -0.2) is 11.6 Å². The summed E-state index contributed by atoms with van der Waals surface area (Å²) in [6.07, 6.45) is 1.66. The van der Waals surface area contributed by atoms with E-state index in [9.17, 15) is 0 Å². The van der Waals surface area contributed by atoms with E-state index in [1.54, 1.807) is 6.33 Å². The smallest absolute Gasteiger partial charge is 0.254 e. The van der Waals surface area contributed by atoms with Crippen molar-refractivity contribution in [3.05, 3.63) is 41.5 Å². The van der Waals surface area contributed by atoms with Crippen LogP contribution in [0, 0.1) is 6.57 Å². The van der Waals surface area contributed by atoms with Crippen LogP contribution in [0.5, 0.6) is 0 Å². The van der Waals surface area contributed by atoms with E-state index >= 15 is 0 Å². The van der Waals surface area contributed by atoms with E-state index < -0.39 is 5.54 Å². The van der Waals surface area contributed by atoms with Gasteiger partial charge in [-0.3, -0.25) is 0 Å². The Kier molecular flexibility index (Phi) is 1.78. The molecule has 0 atom stereocenters. The Morgan fingerprint density at radius 1 is 1.43 bits per heavy atom. The number of aromatic amines is 1. The third-order valence-electron chi connectivity index (χ3n) is 2.39. The summed E-state index contributed by atoms with van der Waals surface area (Å²) >= 11 is 0. The van der Waals surface area contributed by atoms with Crippen molar-refractivity contribution < 1.29 is 0 Å². The second kappa shape index (κ2) is 2.85. The molecule has 70 valence electrons. The second-order valence-corrected chi connectivity index (χ2v) is 3.78. The number of hydrogen-bond donors (Lipinski definition) is 1. The van der Waals surface area contributed by atoms with Gasteiger partial charge < -0.3 is 9.83 Å². The molecule has 3 heteroatoms. The Bertz CT molecular complexity index is 502. The first kappa shape index (κ1) is 8.76. The summed E-state index contributed by atoms with van der Waals surface area (Å²) in [6.45, 7) is 11.0. The highest BCUT2D eigenvalue weighted by Gasteiger charge is 2.28. The molecule has 0 unspecified atom stereocenters. The molecule has 0 saturated heterocycles. The van der Waals surface area contributed by atoms with Crippen molar-refractivity contribution in [1.82, 2.24) is 9.97 Å². The van der Waals surface area contributed by atoms with Gasteiger partial charge in [-0.15, -0.1) is 0 Å². The normalized spacial score (nSPS) is 11.5. The first-order valence-electron chi connectivity index (χ1n) is 4.46. The van der Waals surface area contributed by atoms with Crippen molar-refractivity contribution in [3.63, 3.8) is 0 Å². The number of benzene rings is 1. The number of fused-ring (bicyclic) bond motifs is 1. The second-order valence-electron chi connectivity index (χ2n) is 3.78. The van der Waals surface area contributed by atoms with Gasteiger partial charge in [-0.05, 0) is 12.1 Å². The van der Waals surface area contributed by atoms with Crippen LogP contribution in [0.4, 0.5) is 0 Å². The molecule has 1 N–H and O–H groups in total. The van der Waals surface area contributed by atoms with Crippen LogP contribution < -0.4 is 0 Å². The van der Waals surface area contributed by atoms with E-state index in [0.29, 0.717) is 0 Å². The lowest BCUT2D eigenvalue weighted by atomic mass is 9.94. The van der Waals surface area contributed by atoms with Crippen LogP contribution in [0.1, 0.15) is 19.4 Å². The van der Waals surface area contributed by atoms with E-state index in [1.807, 2.05) is 32.0 Å². The Morgan fingerprint density at radius 3 is 2.93 bits per heavy atom. The first-order chi connectivity index (χ1) is 6.65. The molecule has 1 heterocycles. The topological polar surface area (TPSA) is 33.0 Å². The first-order valence-corrected chi connectivity index (χ1v) is 4.46. The van der Waals surface area contributed by atoms with Gasteiger partial charge in [0.05, 0.1) is 22.9 Å². The monoisotopic (exact) mass is 185 g/mol. The molecule has 0 aliphatic carbocycles. The van der Waals surface area contributed by atoms with Crippen LogP contribution in [-0.2, 0) is 5.54 Å². The Hall–Kier alpha value is -1.82. The number of imidazole rings is 1. The van der Waals surface area contributed by atoms with Gasteiger partial charge in [0.25, 0.3) is 5.54 Å². The van der Waals surface area contributed by atoms with E-state index in [4.69, 9.17) is 6.57 Å². The van der Waals surface area contributed by atoms with Gasteiger partial charge in [0.15, 0.2) is 0 Å². The molecule has 0 amide bonds. The standard InChI is InChI=1S/C11H11N3/c1-11(2,12-3)8-5-4-6-9-10(8)14-7-13-9/h4-7H,1-2H3,(H,13,14). The van der Waals surface area contributed by atoms with Gasteiger partial charge >= 0.3 is 0 Å². The molecule has 0 fully saturated rings. The van der Waals surface area contributed by atoms with Crippen molar-refractivity contribution in [2.45, 2.75) is 19.4 Å². The largest absolute Gasteiger partial charge is 0.345 e. The third-order valence-corrected chi connectivity index (χ3v) is 2.39. The molecule has 2 aromatic rings. The maximum atomic E-state index is 7.16. The maximum absolute atomic E-state index is 7.16. The predicted molar refractivity (Wildman–Crippen MR) is 55.7 cm³/mol. The van der Waals surface area contributed by atoms with Crippen molar-refractivity contribution >= 4 is 11.0 Å². The molecule has 0 radical (unpaired) electrons. The van der Waals surface area contributed by atoms with E-state index in [1.165, 1.54) is 0 Å². The Morgan fingerprint density at radius 2 is 2.21 bits per heavy atom. The van der Waals surface area contributed by atoms with Gasteiger partial charge in [0.1, 0.15) is 0 Å². The van der Waals surface area contributed by atoms with Crippen LogP contribution in [0.3, 0.4) is 0 Å². The SMILES string of the molecule is [C-]#[N+]C(C)(C)c1cccc2[nH]cnc12. The molecule has 0 aliphatic rings. The summed E-state index contributed by atoms with van der Waals surface area (Å²) in [5, 5.41) is 0. The molecule has 0 bridgehead atoms. The molecule has 1 aromatic carbocycles. The lowest BCUT2D eigenvalue weighted by molar-refractivity contribution is 0.669. The van der Waals surface area contributed by atoms with Gasteiger partial charge in [0.2, 0.25) is 0 Å². The predicted octanol–water partition coefficient (Wildman–Crippen LogP) is 2.72. The molecule has 0 spiro atoms. The van der Waals surface area contributed by atoms with E-state index in [0.717, 1.165) is 16.6 Å². The average Bonchev–Trinajstić information content (AvgIpc) is 2.64. The lowest BCUT2D eigenvalue weighted by Gasteiger charge is -2.11. The average molecular weight is 185 g/mol. The summed E-state index contributed by atoms with van der Waals surface area (Å²) < 4.78 is 0. The summed E-state index contributed by atoms with van der Waals surface area (Å²) in [4.78, 5) is 10.9. The number of nitrogens with zero attached hydrogens (tertiary/aromatic N) is 2. The lowest BCUT2D eigenvalue weighted by Crippen LogP contribution is -2.11. The van der Waals surface area contributed by atoms with Crippen molar-refractivity contribution in [2.24, 2.45) is 0 Å². The zero-order valence-corrected chi connectivity index (χ0v) is 8.20. The molecule has 0 saturated carbocycles. The molecule has 1 aromatic heterocycles. The summed E-state index contributed by atoms with van der Waals surface area (Å²) in [6, 6.07) is 5.87. The van der Waals surface area contributed by atoms with Crippen LogP contribution in [-0.4, -0.2) is 9.97 Å². The summed E-state index contributed by atoms with van der Waals surface area (Å²) in [7, 11) is 0. The van der Waals surface area contributed by atoms with Crippen molar-refractivity contribution in [1.29, 1.82) is 0 Å². The van der Waals surface area contributed by atoms with Gasteiger partial charge in [-0.1, -0.05) is 6.07 Å². The minimum Gasteiger partial charge on any atom is -0.345 e. The number of aromatic nitrogens is 2. The van der Waals surface area contributed by atoms with E-state index in [2.05, 4.69) is 14.8 Å². The summed E-state index contributed by atoms with van der Waals surface area (Å²) in [5.41, 5.74) is 2.35. The van der Waals surface area contributed by atoms with Gasteiger partial charge in [-0.2, -0.15) is 0 Å². The maximum Gasteiger partial charge on any atom is 0.254 e. The zero-order chi connectivity index (χ0) is 10.2. The Labute approximate surface area is 82.6 Å². The fourth-order valence-electron chi connectivity index (χ4n) is 1.52. The van der Waals surface area contributed by atoms with Crippen LogP contribution in [0.25, 0.3) is 15.9 Å². The van der Waals surface area contributed by atoms with Crippen LogP contribution >= 0.6 is 0 Å². The molecule has 2 rings (SSSR count). The van der Waals surface area contributed by atoms with Gasteiger partial charge in [0, 0.05) is 13.8 Å². The van der Waals surface area contributed by atoms with Crippen LogP contribution in [0.2, 0.25) is 0 Å². The highest BCUT2D eigenvalue weighted by Crippen LogP contribution is 2.29. The van der Waals surface area contributed by atoms with Crippen LogP contribution in [0.15, 0.2) is 24.5 Å². The number of nitrogens with one attached hydrogen (secondary N) is 1. The summed E-state index contributed by atoms with van der Waals surface area (Å²) in [5.74, 6) is 0. The van der Waals surface area contributed by atoms with Crippen molar-refractivity contribution in [2.75, 3.05) is 0 Å². The zero-order valence-electron chi connectivity index (χ0n) is 8.20. The number of rotatable bonds is 1. The molecule has 3 nitrogen and oxygen atoms in total.